The van der Waals surface area contributed by atoms with Gasteiger partial charge in [-0.3, -0.25) is 9.69 Å². The second-order valence-electron chi connectivity index (χ2n) is 8.30. The Morgan fingerprint density at radius 3 is 2.62 bits per heavy atom. The predicted octanol–water partition coefficient (Wildman–Crippen LogP) is 2.47. The largest absolute Gasteiger partial charge is 0.381 e. The van der Waals surface area contributed by atoms with Gasteiger partial charge in [-0.15, -0.1) is 0 Å². The van der Waals surface area contributed by atoms with Gasteiger partial charge >= 0.3 is 0 Å². The Morgan fingerprint density at radius 1 is 1.04 bits per heavy atom. The van der Waals surface area contributed by atoms with E-state index in [0.717, 1.165) is 63.4 Å². The first-order valence-corrected chi connectivity index (χ1v) is 10.0. The van der Waals surface area contributed by atoms with Crippen LogP contribution in [0.2, 0.25) is 0 Å². The third-order valence-corrected chi connectivity index (χ3v) is 6.32. The molecule has 4 heterocycles. The van der Waals surface area contributed by atoms with Crippen LogP contribution in [0.15, 0.2) is 24.3 Å². The van der Waals surface area contributed by atoms with Gasteiger partial charge in [-0.25, -0.2) is 0 Å². The Balaban J connectivity index is 1.51. The van der Waals surface area contributed by atoms with Crippen molar-refractivity contribution in [2.75, 3.05) is 51.8 Å². The number of hydrogen-bond acceptors (Lipinski definition) is 4. The summed E-state index contributed by atoms with van der Waals surface area (Å²) in [5.41, 5.74) is 1.90. The second-order valence-corrected chi connectivity index (χ2v) is 8.30. The molecule has 1 aromatic rings. The number of nitrogens with zero attached hydrogens (tertiary/aromatic N) is 3. The summed E-state index contributed by atoms with van der Waals surface area (Å²) < 4.78 is 5.54. The number of carbonyl (C=O) groups excluding carboxylic acids is 1. The fourth-order valence-electron chi connectivity index (χ4n) is 4.80. The number of ether oxygens (including phenoxy) is 1. The lowest BCUT2D eigenvalue weighted by molar-refractivity contribution is 0.0304. The van der Waals surface area contributed by atoms with Crippen molar-refractivity contribution in [3.63, 3.8) is 0 Å². The van der Waals surface area contributed by atoms with E-state index in [2.05, 4.69) is 20.8 Å². The molecule has 5 nitrogen and oxygen atoms in total. The van der Waals surface area contributed by atoms with E-state index >= 15 is 0 Å². The van der Waals surface area contributed by atoms with Crippen LogP contribution in [0, 0.1) is 5.92 Å². The molecule has 0 saturated carbocycles. The van der Waals surface area contributed by atoms with Crippen LogP contribution in [0.3, 0.4) is 0 Å². The quantitative estimate of drug-likeness (QED) is 0.833. The standard InChI is InChI=1S/C21H31N3O2/c1-22(2)19-5-3-4-17(12-19)21(25)24-14-16-6-7-20(24)15-23(13-16)18-8-10-26-11-9-18/h3-5,12,16,18,20H,6-11,13-15H2,1-2H3. The highest BCUT2D eigenvalue weighted by molar-refractivity contribution is 5.95. The first-order chi connectivity index (χ1) is 12.6. The van der Waals surface area contributed by atoms with E-state index < -0.39 is 0 Å². The Bertz CT molecular complexity index is 642. The van der Waals surface area contributed by atoms with E-state index in [1.807, 2.05) is 32.3 Å². The van der Waals surface area contributed by atoms with Crippen LogP contribution < -0.4 is 4.90 Å². The minimum Gasteiger partial charge on any atom is -0.381 e. The average Bonchev–Trinajstić information content (AvgIpc) is 3.00. The summed E-state index contributed by atoms with van der Waals surface area (Å²) >= 11 is 0. The maximum atomic E-state index is 13.3. The van der Waals surface area contributed by atoms with Crippen LogP contribution in [-0.2, 0) is 4.74 Å². The van der Waals surface area contributed by atoms with Crippen molar-refractivity contribution < 1.29 is 9.53 Å². The topological polar surface area (TPSA) is 36.0 Å². The van der Waals surface area contributed by atoms with Crippen molar-refractivity contribution in [1.82, 2.24) is 9.80 Å². The normalized spacial score (nSPS) is 27.4. The van der Waals surface area contributed by atoms with Crippen molar-refractivity contribution in [2.24, 2.45) is 5.92 Å². The van der Waals surface area contributed by atoms with Gasteiger partial charge in [-0.2, -0.15) is 0 Å². The van der Waals surface area contributed by atoms with E-state index in [9.17, 15) is 4.79 Å². The van der Waals surface area contributed by atoms with Crippen LogP contribution in [0.5, 0.6) is 0 Å². The summed E-state index contributed by atoms with van der Waals surface area (Å²) in [5.74, 6) is 0.815. The molecule has 2 unspecified atom stereocenters. The summed E-state index contributed by atoms with van der Waals surface area (Å²) in [6.07, 6.45) is 4.67. The van der Waals surface area contributed by atoms with Gasteiger partial charge in [0.1, 0.15) is 0 Å². The summed E-state index contributed by atoms with van der Waals surface area (Å²) in [7, 11) is 4.03. The molecule has 0 aromatic heterocycles. The summed E-state index contributed by atoms with van der Waals surface area (Å²) in [4.78, 5) is 20.2. The number of piperidine rings is 1. The van der Waals surface area contributed by atoms with Crippen molar-refractivity contribution in [1.29, 1.82) is 0 Å². The molecule has 0 radical (unpaired) electrons. The average molecular weight is 357 g/mol. The minimum atomic E-state index is 0.206. The summed E-state index contributed by atoms with van der Waals surface area (Å²) in [5, 5.41) is 0. The molecular weight excluding hydrogens is 326 g/mol. The zero-order valence-corrected chi connectivity index (χ0v) is 16.1. The molecule has 142 valence electrons. The molecule has 2 bridgehead atoms. The lowest BCUT2D eigenvalue weighted by Gasteiger charge is -2.37. The van der Waals surface area contributed by atoms with E-state index in [-0.39, 0.29) is 5.91 Å². The van der Waals surface area contributed by atoms with Gasteiger partial charge in [0.2, 0.25) is 0 Å². The minimum absolute atomic E-state index is 0.206. The fourth-order valence-corrected chi connectivity index (χ4v) is 4.80. The molecule has 26 heavy (non-hydrogen) atoms. The van der Waals surface area contributed by atoms with E-state index in [1.54, 1.807) is 0 Å². The maximum absolute atomic E-state index is 13.3. The molecule has 0 spiro atoms. The van der Waals surface area contributed by atoms with Crippen LogP contribution in [0.1, 0.15) is 36.0 Å². The molecular formula is C21H31N3O2. The van der Waals surface area contributed by atoms with Gasteiger partial charge < -0.3 is 14.5 Å². The molecule has 4 aliphatic rings. The van der Waals surface area contributed by atoms with Gasteiger partial charge in [-0.1, -0.05) is 6.07 Å². The second kappa shape index (κ2) is 7.57. The molecule has 4 saturated heterocycles. The zero-order valence-electron chi connectivity index (χ0n) is 16.1. The number of rotatable bonds is 3. The summed E-state index contributed by atoms with van der Waals surface area (Å²) in [6, 6.07) is 9.03. The van der Waals surface area contributed by atoms with Crippen LogP contribution in [-0.4, -0.2) is 74.7 Å². The Kier molecular flexibility index (Phi) is 5.18. The van der Waals surface area contributed by atoms with Crippen molar-refractivity contribution in [3.8, 4) is 0 Å². The van der Waals surface area contributed by atoms with Crippen molar-refractivity contribution in [2.45, 2.75) is 37.8 Å². The van der Waals surface area contributed by atoms with Gasteiger partial charge in [0.25, 0.3) is 5.91 Å². The number of hydrogen-bond donors (Lipinski definition) is 0. The van der Waals surface area contributed by atoms with Gasteiger partial charge in [0.15, 0.2) is 0 Å². The Morgan fingerprint density at radius 2 is 1.85 bits per heavy atom. The lowest BCUT2D eigenvalue weighted by atomic mass is 9.94. The Labute approximate surface area is 156 Å². The number of fused-ring (bicyclic) bond motifs is 4. The van der Waals surface area contributed by atoms with Gasteiger partial charge in [0.05, 0.1) is 0 Å². The predicted molar refractivity (Wildman–Crippen MR) is 104 cm³/mol. The smallest absolute Gasteiger partial charge is 0.254 e. The maximum Gasteiger partial charge on any atom is 0.254 e. The number of benzene rings is 1. The zero-order chi connectivity index (χ0) is 18.1. The monoisotopic (exact) mass is 357 g/mol. The van der Waals surface area contributed by atoms with Crippen LogP contribution in [0.4, 0.5) is 5.69 Å². The highest BCUT2D eigenvalue weighted by Gasteiger charge is 2.39. The van der Waals surface area contributed by atoms with Crippen molar-refractivity contribution in [3.05, 3.63) is 29.8 Å². The fraction of sp³-hybridized carbons (Fsp3) is 0.667. The van der Waals surface area contributed by atoms with Crippen molar-refractivity contribution >= 4 is 11.6 Å². The van der Waals surface area contributed by atoms with Crippen LogP contribution >= 0.6 is 0 Å². The first kappa shape index (κ1) is 17.8. The SMILES string of the molecule is CN(C)c1cccc(C(=O)N2CC3CCC2CN(C2CCOCC2)C3)c1. The molecule has 5 rings (SSSR count). The molecule has 0 N–H and O–H groups in total. The lowest BCUT2D eigenvalue weighted by Crippen LogP contribution is -2.48. The van der Waals surface area contributed by atoms with Gasteiger partial charge in [0, 0.05) is 70.3 Å². The van der Waals surface area contributed by atoms with E-state index in [0.29, 0.717) is 18.0 Å². The van der Waals surface area contributed by atoms with Crippen LogP contribution in [0.25, 0.3) is 0 Å². The molecule has 1 amide bonds. The molecule has 1 aromatic carbocycles. The highest BCUT2D eigenvalue weighted by Crippen LogP contribution is 2.32. The summed E-state index contributed by atoms with van der Waals surface area (Å²) in [6.45, 7) is 4.85. The van der Waals surface area contributed by atoms with Gasteiger partial charge in [-0.05, 0) is 49.8 Å². The number of carbonyl (C=O) groups is 1. The molecule has 4 fully saturated rings. The molecule has 2 atom stereocenters. The third kappa shape index (κ3) is 3.60. The number of amides is 1. The molecule has 4 aliphatic heterocycles. The molecule has 0 aliphatic carbocycles. The molecule has 5 heteroatoms. The Hall–Kier alpha value is -1.59. The van der Waals surface area contributed by atoms with E-state index in [1.165, 1.54) is 6.42 Å². The number of anilines is 1. The van der Waals surface area contributed by atoms with E-state index in [4.69, 9.17) is 4.74 Å². The first-order valence-electron chi connectivity index (χ1n) is 10.0. The highest BCUT2D eigenvalue weighted by atomic mass is 16.5. The third-order valence-electron chi connectivity index (χ3n) is 6.32.